The van der Waals surface area contributed by atoms with Crippen LogP contribution < -0.4 is 15.4 Å². The molecule has 0 amide bonds. The average Bonchev–Trinajstić information content (AvgIpc) is 3.31. The first-order chi connectivity index (χ1) is 19.4. The minimum absolute atomic E-state index is 0.0273. The molecule has 0 bridgehead atoms. The Morgan fingerprint density at radius 2 is 2.02 bits per heavy atom. The monoisotopic (exact) mass is 575 g/mol. The number of aromatic nitrogens is 2. The van der Waals surface area contributed by atoms with Gasteiger partial charge in [-0.25, -0.2) is 8.78 Å². The maximum absolute atomic E-state index is 15.6. The second kappa shape index (κ2) is 10.2. The van der Waals surface area contributed by atoms with E-state index < -0.39 is 17.6 Å². The number of fused-ring (bicyclic) bond motifs is 4. The fourth-order valence-corrected chi connectivity index (χ4v) is 7.96. The van der Waals surface area contributed by atoms with Crippen LogP contribution in [0.2, 0.25) is 5.02 Å². The van der Waals surface area contributed by atoms with E-state index in [1.165, 1.54) is 6.07 Å². The van der Waals surface area contributed by atoms with Gasteiger partial charge in [0.05, 0.1) is 30.1 Å². The number of benzene rings is 1. The van der Waals surface area contributed by atoms with Gasteiger partial charge in [0.2, 0.25) is 0 Å². The summed E-state index contributed by atoms with van der Waals surface area (Å²) in [5.74, 6) is 0.318. The smallest absolute Gasteiger partial charge is 0.318 e. The summed E-state index contributed by atoms with van der Waals surface area (Å²) in [6, 6.07) is 1.78. The van der Waals surface area contributed by atoms with Crippen molar-refractivity contribution in [2.75, 3.05) is 56.6 Å². The van der Waals surface area contributed by atoms with Crippen LogP contribution in [-0.2, 0) is 34.5 Å². The third-order valence-electron chi connectivity index (χ3n) is 9.56. The summed E-state index contributed by atoms with van der Waals surface area (Å²) in [7, 11) is 0. The van der Waals surface area contributed by atoms with Crippen molar-refractivity contribution < 1.29 is 23.0 Å². The van der Waals surface area contributed by atoms with Gasteiger partial charge in [-0.2, -0.15) is 9.97 Å². The van der Waals surface area contributed by atoms with E-state index in [0.717, 1.165) is 61.4 Å². The molecule has 1 aromatic heterocycles. The molecule has 4 aliphatic heterocycles. The molecule has 7 rings (SSSR count). The molecule has 2 aromatic rings. The number of nitrogen functional groups attached to an aromatic ring is 1. The highest BCUT2D eigenvalue weighted by Crippen LogP contribution is 2.49. The average molecular weight is 576 g/mol. The maximum Gasteiger partial charge on any atom is 0.318 e. The van der Waals surface area contributed by atoms with Crippen LogP contribution in [0.1, 0.15) is 60.9 Å². The van der Waals surface area contributed by atoms with Crippen molar-refractivity contribution in [2.24, 2.45) is 0 Å². The van der Waals surface area contributed by atoms with Crippen LogP contribution in [0.5, 0.6) is 6.01 Å². The van der Waals surface area contributed by atoms with Gasteiger partial charge in [0.1, 0.15) is 24.2 Å². The fraction of sp³-hybridized carbons (Fsp3) is 0.655. The first-order valence-corrected chi connectivity index (χ1v) is 14.9. The lowest BCUT2D eigenvalue weighted by Gasteiger charge is -2.43. The summed E-state index contributed by atoms with van der Waals surface area (Å²) >= 11 is 6.55. The Balaban J connectivity index is 1.27. The molecule has 11 heteroatoms. The van der Waals surface area contributed by atoms with Crippen molar-refractivity contribution in [3.8, 4) is 6.01 Å². The number of alkyl halides is 1. The Hall–Kier alpha value is -2.27. The maximum atomic E-state index is 15.6. The molecule has 216 valence electrons. The molecule has 3 fully saturated rings. The quantitative estimate of drug-likeness (QED) is 0.539. The lowest BCUT2D eigenvalue weighted by molar-refractivity contribution is -0.0876. The van der Waals surface area contributed by atoms with E-state index in [9.17, 15) is 4.39 Å². The summed E-state index contributed by atoms with van der Waals surface area (Å²) in [4.78, 5) is 14.2. The number of anilines is 2. The second-order valence-corrected chi connectivity index (χ2v) is 12.4. The predicted molar refractivity (Wildman–Crippen MR) is 147 cm³/mol. The second-order valence-electron chi connectivity index (χ2n) is 12.0. The summed E-state index contributed by atoms with van der Waals surface area (Å²) in [5.41, 5.74) is 7.75. The van der Waals surface area contributed by atoms with Crippen LogP contribution in [0, 0.1) is 5.82 Å². The van der Waals surface area contributed by atoms with Crippen LogP contribution in [0.25, 0.3) is 0 Å². The molecule has 1 unspecified atom stereocenters. The number of ether oxygens (including phenoxy) is 3. The number of nitrogens with two attached hydrogens (primary N) is 1. The van der Waals surface area contributed by atoms with Crippen molar-refractivity contribution in [3.63, 3.8) is 0 Å². The number of halogens is 3. The summed E-state index contributed by atoms with van der Waals surface area (Å²) in [6.07, 6.45) is 4.97. The summed E-state index contributed by atoms with van der Waals surface area (Å²) < 4.78 is 48.6. The Labute approximate surface area is 238 Å². The van der Waals surface area contributed by atoms with Gasteiger partial charge < -0.3 is 24.8 Å². The van der Waals surface area contributed by atoms with E-state index in [2.05, 4.69) is 9.80 Å². The molecule has 1 spiro atoms. The van der Waals surface area contributed by atoms with Crippen molar-refractivity contribution in [1.29, 1.82) is 0 Å². The Morgan fingerprint density at radius 3 is 2.92 bits per heavy atom. The van der Waals surface area contributed by atoms with Gasteiger partial charge in [0.15, 0.2) is 5.82 Å². The number of hydrogen-bond donors (Lipinski definition) is 1. The zero-order valence-corrected chi connectivity index (χ0v) is 23.4. The van der Waals surface area contributed by atoms with Gasteiger partial charge in [-0.15, -0.1) is 0 Å². The fourth-order valence-electron chi connectivity index (χ4n) is 7.65. The highest BCUT2D eigenvalue weighted by molar-refractivity contribution is 6.31. The Morgan fingerprint density at radius 1 is 1.12 bits per heavy atom. The van der Waals surface area contributed by atoms with Gasteiger partial charge in [0, 0.05) is 55.2 Å². The lowest BCUT2D eigenvalue weighted by atomic mass is 9.74. The van der Waals surface area contributed by atoms with E-state index in [1.54, 1.807) is 0 Å². The Kier molecular flexibility index (Phi) is 6.80. The van der Waals surface area contributed by atoms with E-state index in [1.807, 2.05) is 0 Å². The molecule has 0 radical (unpaired) electrons. The van der Waals surface area contributed by atoms with Gasteiger partial charge in [-0.1, -0.05) is 11.6 Å². The van der Waals surface area contributed by atoms with Crippen molar-refractivity contribution in [3.05, 3.63) is 39.3 Å². The predicted octanol–water partition coefficient (Wildman–Crippen LogP) is 4.34. The molecule has 40 heavy (non-hydrogen) atoms. The normalized spacial score (nSPS) is 30.2. The molecule has 8 nitrogen and oxygen atoms in total. The number of nitrogens with zero attached hydrogens (tertiary/aromatic N) is 4. The minimum Gasteiger partial charge on any atom is -0.461 e. The van der Waals surface area contributed by atoms with Crippen LogP contribution >= 0.6 is 11.6 Å². The third-order valence-corrected chi connectivity index (χ3v) is 9.89. The molecule has 5 heterocycles. The minimum atomic E-state index is -0.914. The van der Waals surface area contributed by atoms with Crippen molar-refractivity contribution in [1.82, 2.24) is 14.9 Å². The number of hydrogen-bond acceptors (Lipinski definition) is 8. The summed E-state index contributed by atoms with van der Waals surface area (Å²) in [5, 5.41) is 0.474. The van der Waals surface area contributed by atoms with Crippen LogP contribution in [-0.4, -0.2) is 72.6 Å². The summed E-state index contributed by atoms with van der Waals surface area (Å²) in [6.45, 7) is 4.74. The van der Waals surface area contributed by atoms with Gasteiger partial charge >= 0.3 is 6.01 Å². The van der Waals surface area contributed by atoms with Crippen LogP contribution in [0.3, 0.4) is 0 Å². The lowest BCUT2D eigenvalue weighted by Crippen LogP contribution is -2.44. The molecule has 1 aromatic carbocycles. The highest BCUT2D eigenvalue weighted by atomic mass is 35.5. The molecular weight excluding hydrogens is 540 g/mol. The molecule has 0 saturated carbocycles. The van der Waals surface area contributed by atoms with Gasteiger partial charge in [-0.05, 0) is 56.7 Å². The number of rotatable bonds is 4. The zero-order chi connectivity index (χ0) is 27.5. The van der Waals surface area contributed by atoms with Gasteiger partial charge in [0.25, 0.3) is 0 Å². The first-order valence-electron chi connectivity index (χ1n) is 14.5. The first kappa shape index (κ1) is 26.6. The van der Waals surface area contributed by atoms with Crippen molar-refractivity contribution >= 4 is 23.1 Å². The molecule has 5 aliphatic rings. The van der Waals surface area contributed by atoms with Crippen molar-refractivity contribution in [2.45, 2.75) is 75.3 Å². The van der Waals surface area contributed by atoms with Gasteiger partial charge in [-0.3, -0.25) is 4.90 Å². The standard InChI is InChI=1S/C29H36ClF2N5O3/c30-21-12-22(33)25(32)24-19(21)4-1-6-29(24)14-23-20(16-40-29)26(36-7-3-10-38-11-9-36)35-27(34-23)39-17-28-5-2-8-37(28)15-18(31)13-28/h12,18H,1-11,13-17,33H2/t18?,28-,29-/m0/s1. The van der Waals surface area contributed by atoms with Crippen LogP contribution in [0.4, 0.5) is 20.3 Å². The van der Waals surface area contributed by atoms with E-state index in [0.29, 0.717) is 69.2 Å². The largest absolute Gasteiger partial charge is 0.461 e. The molecular formula is C29H36ClF2N5O3. The topological polar surface area (TPSA) is 86.0 Å². The molecule has 3 atom stereocenters. The third kappa shape index (κ3) is 4.42. The SMILES string of the molecule is Nc1cc(Cl)c2c(c1F)[C@]1(CCC2)Cc2nc(OC[C@@]34CCCN3CC(F)C4)nc(N3CCCOCC3)c2CO1. The van der Waals surface area contributed by atoms with E-state index in [-0.39, 0.29) is 23.8 Å². The molecule has 1 aliphatic carbocycles. The molecule has 2 N–H and O–H groups in total. The zero-order valence-electron chi connectivity index (χ0n) is 22.7. The van der Waals surface area contributed by atoms with Crippen LogP contribution in [0.15, 0.2) is 6.07 Å². The Bertz CT molecular complexity index is 1310. The highest BCUT2D eigenvalue weighted by Gasteiger charge is 2.50. The van der Waals surface area contributed by atoms with E-state index in [4.69, 9.17) is 41.5 Å². The van der Waals surface area contributed by atoms with E-state index >= 15 is 4.39 Å². The molecule has 3 saturated heterocycles.